The average molecular weight is 786 g/mol. The molecular weight excluding hydrogens is 773 g/mol. The minimum atomic E-state index is -9.48. The van der Waals surface area contributed by atoms with Gasteiger partial charge in [-0.25, -0.2) is 4.79 Å². The minimum Gasteiger partial charge on any atom is -0.349 e. The summed E-state index contributed by atoms with van der Waals surface area (Å²) in [6, 6.07) is 0.0718. The number of hydrogen-bond donors (Lipinski definition) is 1. The zero-order chi connectivity index (χ0) is 40.3. The lowest BCUT2D eigenvalue weighted by Crippen LogP contribution is -2.77. The average Bonchev–Trinajstić information content (AvgIpc) is 2.91. The normalized spacial score (nSPS) is 15.8. The van der Waals surface area contributed by atoms with Crippen molar-refractivity contribution in [2.45, 2.75) is 91.7 Å². The fourth-order valence-corrected chi connectivity index (χ4v) is 3.63. The number of benzene rings is 1. The lowest BCUT2D eigenvalue weighted by atomic mass is 9.84. The van der Waals surface area contributed by atoms with Gasteiger partial charge in [-0.05, 0) is 31.5 Å². The summed E-state index contributed by atoms with van der Waals surface area (Å²) in [4.78, 5) is 25.8. The SMILES string of the molecule is Cc1ccc(C(=O)NC(C)CC(F)(F)C(F)(F)C(F)(F)C(F)(F)C(F)(F)C(F)(F)C(F)(F)C(F)(F)C(F)(F)C(F)(F)C(F)(F)F)c(N=C=O)c1. The maximum atomic E-state index is 14.3. The fourth-order valence-electron chi connectivity index (χ4n) is 3.63. The van der Waals surface area contributed by atoms with Crippen LogP contribution in [0, 0.1) is 6.92 Å². The maximum Gasteiger partial charge on any atom is 0.460 e. The van der Waals surface area contributed by atoms with Crippen molar-refractivity contribution in [3.05, 3.63) is 29.3 Å². The van der Waals surface area contributed by atoms with Gasteiger partial charge in [-0.3, -0.25) is 4.79 Å². The van der Waals surface area contributed by atoms with E-state index in [9.17, 15) is 111 Å². The molecule has 0 aliphatic heterocycles. The largest absolute Gasteiger partial charge is 0.460 e. The van der Waals surface area contributed by atoms with Crippen LogP contribution in [0.15, 0.2) is 23.2 Å². The van der Waals surface area contributed by atoms with E-state index in [4.69, 9.17) is 0 Å². The Bertz CT molecular complexity index is 1480. The third-order valence-electron chi connectivity index (χ3n) is 6.47. The van der Waals surface area contributed by atoms with Gasteiger partial charge in [0.05, 0.1) is 11.3 Å². The first-order valence-corrected chi connectivity index (χ1v) is 12.1. The molecule has 0 radical (unpaired) electrons. The summed E-state index contributed by atoms with van der Waals surface area (Å²) in [5, 5.41) is 1.32. The Labute approximate surface area is 260 Å². The van der Waals surface area contributed by atoms with E-state index < -0.39 is 95.0 Å². The molecule has 1 aromatic rings. The van der Waals surface area contributed by atoms with Gasteiger partial charge in [0.1, 0.15) is 0 Å². The number of rotatable bonds is 14. The Hall–Kier alpha value is -3.54. The van der Waals surface area contributed by atoms with Gasteiger partial charge in [0.25, 0.3) is 5.91 Å². The van der Waals surface area contributed by atoms with E-state index in [1.807, 2.05) is 0 Å². The van der Waals surface area contributed by atoms with E-state index in [1.54, 1.807) is 0 Å². The highest BCUT2D eigenvalue weighted by Gasteiger charge is 2.98. The summed E-state index contributed by atoms with van der Waals surface area (Å²) in [5.74, 6) is -90.3. The van der Waals surface area contributed by atoms with Crippen molar-refractivity contribution in [3.63, 3.8) is 0 Å². The molecule has 50 heavy (non-hydrogen) atoms. The van der Waals surface area contributed by atoms with Crippen LogP contribution in [-0.4, -0.2) is 83.4 Å². The molecule has 0 bridgehead atoms. The molecule has 1 unspecified atom stereocenters. The molecule has 288 valence electrons. The van der Waals surface area contributed by atoms with Crippen molar-refractivity contribution in [1.29, 1.82) is 0 Å². The Kier molecular flexibility index (Phi) is 11.2. The first-order chi connectivity index (χ1) is 21.7. The highest BCUT2D eigenvalue weighted by atomic mass is 19.4. The van der Waals surface area contributed by atoms with Crippen LogP contribution in [0.1, 0.15) is 29.3 Å². The summed E-state index contributed by atoms with van der Waals surface area (Å²) in [5.41, 5.74) is -1.15. The van der Waals surface area contributed by atoms with Crippen molar-refractivity contribution >= 4 is 17.7 Å². The first-order valence-electron chi connectivity index (χ1n) is 12.1. The van der Waals surface area contributed by atoms with E-state index in [1.165, 1.54) is 12.2 Å². The molecule has 0 spiro atoms. The number of aliphatic imine (C=N–C) groups is 1. The molecule has 0 saturated carbocycles. The molecule has 0 aliphatic carbocycles. The molecule has 1 N–H and O–H groups in total. The van der Waals surface area contributed by atoms with E-state index in [0.29, 0.717) is 0 Å². The number of nitrogens with zero attached hydrogens (tertiary/aromatic N) is 1. The van der Waals surface area contributed by atoms with Gasteiger partial charge in [-0.15, -0.1) is 0 Å². The van der Waals surface area contributed by atoms with Crippen LogP contribution >= 0.6 is 0 Å². The van der Waals surface area contributed by atoms with Crippen molar-refractivity contribution in [2.75, 3.05) is 0 Å². The minimum absolute atomic E-state index is 0.178. The van der Waals surface area contributed by atoms with Gasteiger partial charge in [0, 0.05) is 12.5 Å². The van der Waals surface area contributed by atoms with Crippen LogP contribution in [0.4, 0.5) is 107 Å². The quantitative estimate of drug-likeness (QED) is 0.116. The van der Waals surface area contributed by atoms with E-state index >= 15 is 0 Å². The number of amides is 1. The Balaban J connectivity index is 3.64. The standard InChI is InChI=1S/C23H13F23N2O2/c1-8-3-4-10(11(5-8)47-7-49)12(50)48-9(2)6-13(24,25)14(26,27)15(28,29)16(30,31)17(32,33)18(34,35)19(36,37)20(38,39)21(40,41)22(42,43)23(44,45)46/h3-5,9H,6H2,1-2H3,(H,48,50). The van der Waals surface area contributed by atoms with Crippen LogP contribution in [-0.2, 0) is 4.79 Å². The van der Waals surface area contributed by atoms with Crippen LogP contribution in [0.2, 0.25) is 0 Å². The Morgan fingerprint density at radius 2 is 0.960 bits per heavy atom. The molecule has 0 aliphatic rings. The van der Waals surface area contributed by atoms with Gasteiger partial charge in [-0.2, -0.15) is 106 Å². The summed E-state index contributed by atoms with van der Waals surface area (Å²) >= 11 is 0. The number of carbonyl (C=O) groups is 1. The van der Waals surface area contributed by atoms with Crippen LogP contribution in [0.25, 0.3) is 0 Å². The smallest absolute Gasteiger partial charge is 0.349 e. The number of hydrogen-bond acceptors (Lipinski definition) is 3. The van der Waals surface area contributed by atoms with E-state index in [2.05, 4.69) is 4.99 Å². The summed E-state index contributed by atoms with van der Waals surface area (Å²) in [6.45, 7) is 1.50. The van der Waals surface area contributed by atoms with Crippen LogP contribution in [0.5, 0.6) is 0 Å². The van der Waals surface area contributed by atoms with Gasteiger partial charge >= 0.3 is 65.4 Å². The molecule has 1 amide bonds. The van der Waals surface area contributed by atoms with Crippen LogP contribution in [0.3, 0.4) is 0 Å². The third-order valence-corrected chi connectivity index (χ3v) is 6.47. The number of nitrogens with one attached hydrogen (secondary N) is 1. The zero-order valence-corrected chi connectivity index (χ0v) is 23.5. The van der Waals surface area contributed by atoms with E-state index in [-0.39, 0.29) is 12.5 Å². The fraction of sp³-hybridized carbons (Fsp3) is 0.652. The highest BCUT2D eigenvalue weighted by Crippen LogP contribution is 2.67. The molecule has 0 saturated heterocycles. The van der Waals surface area contributed by atoms with E-state index in [0.717, 1.165) is 24.3 Å². The molecule has 0 aromatic heterocycles. The van der Waals surface area contributed by atoms with Gasteiger partial charge < -0.3 is 5.32 Å². The van der Waals surface area contributed by atoms with Crippen molar-refractivity contribution in [3.8, 4) is 0 Å². The predicted molar refractivity (Wildman–Crippen MR) is 116 cm³/mol. The first kappa shape index (κ1) is 44.5. The van der Waals surface area contributed by atoms with Crippen molar-refractivity contribution < 1.29 is 111 Å². The molecule has 1 atom stereocenters. The second-order valence-electron chi connectivity index (χ2n) is 10.2. The molecular formula is C23H13F23N2O2. The van der Waals surface area contributed by atoms with Gasteiger partial charge in [-0.1, -0.05) is 6.07 Å². The lowest BCUT2D eigenvalue weighted by Gasteiger charge is -2.45. The second-order valence-corrected chi connectivity index (χ2v) is 10.2. The molecule has 0 fully saturated rings. The van der Waals surface area contributed by atoms with Crippen molar-refractivity contribution in [1.82, 2.24) is 5.32 Å². The number of aryl methyl sites for hydroxylation is 1. The number of isocyanates is 1. The Morgan fingerprint density at radius 3 is 1.30 bits per heavy atom. The second kappa shape index (κ2) is 12.6. The zero-order valence-electron chi connectivity index (χ0n) is 23.5. The van der Waals surface area contributed by atoms with Crippen molar-refractivity contribution in [2.24, 2.45) is 4.99 Å². The van der Waals surface area contributed by atoms with Gasteiger partial charge in [0.15, 0.2) is 0 Å². The summed E-state index contributed by atoms with van der Waals surface area (Å²) < 4.78 is 312. The Morgan fingerprint density at radius 1 is 0.620 bits per heavy atom. The molecule has 1 aromatic carbocycles. The van der Waals surface area contributed by atoms with Gasteiger partial charge in [0.2, 0.25) is 6.08 Å². The maximum absolute atomic E-state index is 14.3. The number of carbonyl (C=O) groups excluding carboxylic acids is 2. The number of halogens is 23. The molecule has 27 heteroatoms. The number of alkyl halides is 23. The summed E-state index contributed by atoms with van der Waals surface area (Å²) in [6.07, 6.45) is -10.3. The topological polar surface area (TPSA) is 58.5 Å². The highest BCUT2D eigenvalue weighted by molar-refractivity contribution is 5.99. The third kappa shape index (κ3) is 6.30. The van der Waals surface area contributed by atoms with Crippen LogP contribution < -0.4 is 5.32 Å². The lowest BCUT2D eigenvalue weighted by molar-refractivity contribution is -0.478. The molecule has 0 heterocycles. The molecule has 4 nitrogen and oxygen atoms in total. The molecule has 1 rings (SSSR count). The summed E-state index contributed by atoms with van der Waals surface area (Å²) in [7, 11) is 0. The predicted octanol–water partition coefficient (Wildman–Crippen LogP) is 9.39. The monoisotopic (exact) mass is 786 g/mol.